The number of aromatic amines is 1. The van der Waals surface area contributed by atoms with Crippen molar-refractivity contribution in [1.29, 1.82) is 0 Å². The maximum atomic E-state index is 12.4. The molecule has 0 atom stereocenters. The minimum atomic E-state index is -3.89. The highest BCUT2D eigenvalue weighted by atomic mass is 35.5. The maximum Gasteiger partial charge on any atom is 0.240 e. The number of nitrogens with zero attached hydrogens (tertiary/aromatic N) is 1. The topological polar surface area (TPSA) is 91.9 Å². The fourth-order valence-corrected chi connectivity index (χ4v) is 3.48. The standard InChI is InChI=1S/C16H14ClN3O3S/c1-10-6-7-13-14(8-10)20-16(19-13)24(22,23)9-15(21)18-12-5-3-2-4-11(12)17/h2-8H,9H2,1H3,(H,18,21)(H,19,20). The average molecular weight is 364 g/mol. The van der Waals surface area contributed by atoms with Gasteiger partial charge >= 0.3 is 0 Å². The van der Waals surface area contributed by atoms with Crippen LogP contribution >= 0.6 is 11.6 Å². The zero-order valence-corrected chi connectivity index (χ0v) is 14.3. The van der Waals surface area contributed by atoms with Crippen molar-refractivity contribution >= 4 is 44.1 Å². The number of aromatic nitrogens is 2. The lowest BCUT2D eigenvalue weighted by Crippen LogP contribution is -2.23. The number of rotatable bonds is 4. The number of aryl methyl sites for hydroxylation is 1. The highest BCUT2D eigenvalue weighted by Crippen LogP contribution is 2.21. The number of H-pyrrole nitrogens is 1. The molecule has 1 amide bonds. The van der Waals surface area contributed by atoms with Crippen LogP contribution in [0.25, 0.3) is 11.0 Å². The predicted molar refractivity (Wildman–Crippen MR) is 93.0 cm³/mol. The number of halogens is 1. The quantitative estimate of drug-likeness (QED) is 0.745. The number of para-hydroxylation sites is 1. The Balaban J connectivity index is 1.82. The molecule has 0 unspecified atom stereocenters. The molecule has 0 radical (unpaired) electrons. The second kappa shape index (κ2) is 6.26. The van der Waals surface area contributed by atoms with Gasteiger partial charge in [0.2, 0.25) is 20.9 Å². The monoisotopic (exact) mass is 363 g/mol. The van der Waals surface area contributed by atoms with Crippen LogP contribution in [-0.2, 0) is 14.6 Å². The number of hydrogen-bond donors (Lipinski definition) is 2. The molecule has 3 aromatic rings. The van der Waals surface area contributed by atoms with E-state index < -0.39 is 21.5 Å². The van der Waals surface area contributed by atoms with Gasteiger partial charge in [-0.05, 0) is 36.8 Å². The molecule has 0 saturated heterocycles. The number of hydrogen-bond acceptors (Lipinski definition) is 4. The lowest BCUT2D eigenvalue weighted by molar-refractivity contribution is -0.113. The normalized spacial score (nSPS) is 11.6. The van der Waals surface area contributed by atoms with Crippen molar-refractivity contribution < 1.29 is 13.2 Å². The number of amides is 1. The molecule has 2 aromatic carbocycles. The van der Waals surface area contributed by atoms with Crippen LogP contribution < -0.4 is 5.32 Å². The summed E-state index contributed by atoms with van der Waals surface area (Å²) in [5, 5.41) is 2.60. The Labute approximate surface area is 143 Å². The maximum absolute atomic E-state index is 12.4. The number of anilines is 1. The Morgan fingerprint density at radius 3 is 2.75 bits per heavy atom. The molecular formula is C16H14ClN3O3S. The van der Waals surface area contributed by atoms with Crippen LogP contribution in [0, 0.1) is 6.92 Å². The van der Waals surface area contributed by atoms with E-state index in [9.17, 15) is 13.2 Å². The van der Waals surface area contributed by atoms with Crippen LogP contribution in [0.4, 0.5) is 5.69 Å². The SMILES string of the molecule is Cc1ccc2nc(S(=O)(=O)CC(=O)Nc3ccccc3Cl)[nH]c2c1. The summed E-state index contributed by atoms with van der Waals surface area (Å²) in [5.41, 5.74) is 2.48. The second-order valence-corrected chi connectivity index (χ2v) is 7.66. The molecule has 0 aliphatic carbocycles. The fraction of sp³-hybridized carbons (Fsp3) is 0.125. The summed E-state index contributed by atoms with van der Waals surface area (Å²) >= 11 is 5.94. The third-order valence-corrected chi connectivity index (χ3v) is 5.13. The van der Waals surface area contributed by atoms with E-state index in [1.54, 1.807) is 36.4 Å². The number of imidazole rings is 1. The largest absolute Gasteiger partial charge is 0.329 e. The van der Waals surface area contributed by atoms with Crippen LogP contribution in [0.15, 0.2) is 47.6 Å². The van der Waals surface area contributed by atoms with E-state index in [4.69, 9.17) is 11.6 Å². The number of sulfone groups is 1. The zero-order valence-electron chi connectivity index (χ0n) is 12.7. The van der Waals surface area contributed by atoms with Gasteiger partial charge in [0.1, 0.15) is 5.75 Å². The molecule has 0 spiro atoms. The van der Waals surface area contributed by atoms with E-state index in [1.807, 2.05) is 13.0 Å². The summed E-state index contributed by atoms with van der Waals surface area (Å²) in [5.74, 6) is -1.41. The lowest BCUT2D eigenvalue weighted by atomic mass is 10.2. The van der Waals surface area contributed by atoms with Gasteiger partial charge in [-0.1, -0.05) is 29.8 Å². The van der Waals surface area contributed by atoms with E-state index in [1.165, 1.54) is 0 Å². The molecular weight excluding hydrogens is 350 g/mol. The van der Waals surface area contributed by atoms with Crippen molar-refractivity contribution in [2.24, 2.45) is 0 Å². The molecule has 0 aliphatic heterocycles. The van der Waals surface area contributed by atoms with E-state index in [2.05, 4.69) is 15.3 Å². The number of carbonyl (C=O) groups excluding carboxylic acids is 1. The molecule has 6 nitrogen and oxygen atoms in total. The first-order chi connectivity index (χ1) is 11.3. The number of fused-ring (bicyclic) bond motifs is 1. The Bertz CT molecular complexity index is 1030. The zero-order chi connectivity index (χ0) is 17.3. The molecule has 0 bridgehead atoms. The first kappa shape index (κ1) is 16.5. The highest BCUT2D eigenvalue weighted by molar-refractivity contribution is 7.92. The van der Waals surface area contributed by atoms with Crippen molar-refractivity contribution in [1.82, 2.24) is 9.97 Å². The lowest BCUT2D eigenvalue weighted by Gasteiger charge is -2.06. The summed E-state index contributed by atoms with van der Waals surface area (Å²) < 4.78 is 24.8. The Kier molecular flexibility index (Phi) is 4.29. The molecule has 0 saturated carbocycles. The van der Waals surface area contributed by atoms with E-state index in [-0.39, 0.29) is 5.16 Å². The first-order valence-electron chi connectivity index (χ1n) is 7.09. The smallest absolute Gasteiger partial charge is 0.240 e. The van der Waals surface area contributed by atoms with Crippen molar-refractivity contribution in [3.63, 3.8) is 0 Å². The van der Waals surface area contributed by atoms with Gasteiger partial charge in [0.25, 0.3) is 0 Å². The van der Waals surface area contributed by atoms with Gasteiger partial charge < -0.3 is 10.3 Å². The van der Waals surface area contributed by atoms with E-state index in [0.717, 1.165) is 5.56 Å². The van der Waals surface area contributed by atoms with E-state index >= 15 is 0 Å². The van der Waals surface area contributed by atoms with Crippen molar-refractivity contribution in [3.8, 4) is 0 Å². The third-order valence-electron chi connectivity index (χ3n) is 3.38. The van der Waals surface area contributed by atoms with Crippen LogP contribution in [0.1, 0.15) is 5.56 Å². The number of carbonyl (C=O) groups is 1. The van der Waals surface area contributed by atoms with Gasteiger partial charge in [0, 0.05) is 0 Å². The van der Waals surface area contributed by atoms with E-state index in [0.29, 0.717) is 21.7 Å². The van der Waals surface area contributed by atoms with Gasteiger partial charge in [-0.3, -0.25) is 4.79 Å². The summed E-state index contributed by atoms with van der Waals surface area (Å²) in [6.07, 6.45) is 0. The molecule has 1 heterocycles. The number of nitrogens with one attached hydrogen (secondary N) is 2. The van der Waals surface area contributed by atoms with Crippen LogP contribution in [0.3, 0.4) is 0 Å². The van der Waals surface area contributed by atoms with Crippen LogP contribution in [0.5, 0.6) is 0 Å². The molecule has 24 heavy (non-hydrogen) atoms. The molecule has 8 heteroatoms. The summed E-state index contributed by atoms with van der Waals surface area (Å²) in [7, 11) is -3.89. The van der Waals surface area contributed by atoms with Gasteiger partial charge in [0.15, 0.2) is 0 Å². The number of benzene rings is 2. The highest BCUT2D eigenvalue weighted by Gasteiger charge is 2.23. The van der Waals surface area contributed by atoms with Crippen molar-refractivity contribution in [2.45, 2.75) is 12.1 Å². The van der Waals surface area contributed by atoms with Gasteiger partial charge in [-0.25, -0.2) is 13.4 Å². The van der Waals surface area contributed by atoms with Gasteiger partial charge in [-0.2, -0.15) is 0 Å². The predicted octanol–water partition coefficient (Wildman–Crippen LogP) is 2.94. The molecule has 2 N–H and O–H groups in total. The molecule has 3 rings (SSSR count). The minimum Gasteiger partial charge on any atom is -0.329 e. The average Bonchev–Trinajstić information content (AvgIpc) is 2.93. The summed E-state index contributed by atoms with van der Waals surface area (Å²) in [4.78, 5) is 18.8. The third kappa shape index (κ3) is 3.42. The van der Waals surface area contributed by atoms with Gasteiger partial charge in [0.05, 0.1) is 21.7 Å². The molecule has 124 valence electrons. The summed E-state index contributed by atoms with van der Waals surface area (Å²) in [6.45, 7) is 1.89. The van der Waals surface area contributed by atoms with Crippen LogP contribution in [-0.4, -0.2) is 30.0 Å². The summed E-state index contributed by atoms with van der Waals surface area (Å²) in [6, 6.07) is 12.0. The Morgan fingerprint density at radius 1 is 1.25 bits per heavy atom. The molecule has 1 aromatic heterocycles. The second-order valence-electron chi connectivity index (χ2n) is 5.35. The van der Waals surface area contributed by atoms with Gasteiger partial charge in [-0.15, -0.1) is 0 Å². The fourth-order valence-electron chi connectivity index (χ4n) is 2.24. The first-order valence-corrected chi connectivity index (χ1v) is 9.12. The molecule has 0 fully saturated rings. The Hall–Kier alpha value is -2.38. The molecule has 0 aliphatic rings. The minimum absolute atomic E-state index is 0.225. The van der Waals surface area contributed by atoms with Crippen molar-refractivity contribution in [2.75, 3.05) is 11.1 Å². The Morgan fingerprint density at radius 2 is 2.00 bits per heavy atom. The van der Waals surface area contributed by atoms with Crippen LogP contribution in [0.2, 0.25) is 5.02 Å². The van der Waals surface area contributed by atoms with Crippen molar-refractivity contribution in [3.05, 3.63) is 53.1 Å².